The van der Waals surface area contributed by atoms with Crippen molar-refractivity contribution in [1.82, 2.24) is 9.80 Å². The summed E-state index contributed by atoms with van der Waals surface area (Å²) in [4.78, 5) is 37.0. The Hall–Kier alpha value is -3.04. The fourth-order valence-electron chi connectivity index (χ4n) is 3.11. The molecule has 0 bridgehead atoms. The van der Waals surface area contributed by atoms with Crippen molar-refractivity contribution in [2.45, 2.75) is 6.54 Å². The van der Waals surface area contributed by atoms with Gasteiger partial charge in [0.15, 0.2) is 0 Å². The molecule has 1 heterocycles. The molecule has 28 heavy (non-hydrogen) atoms. The monoisotopic (exact) mass is 404 g/mol. The molecule has 2 aromatic rings. The number of nitro benzene ring substituents is 2. The van der Waals surface area contributed by atoms with Crippen LogP contribution in [0.4, 0.5) is 11.4 Å². The SMILES string of the molecule is O=C(c1cc([N+](=O)[O-])cc([N+](=O)[O-])c1)N1CCN(Cc2cccc(Cl)c2)CC1. The van der Waals surface area contributed by atoms with Crippen molar-refractivity contribution in [2.24, 2.45) is 0 Å². The fraction of sp³-hybridized carbons (Fsp3) is 0.278. The van der Waals surface area contributed by atoms with Gasteiger partial charge in [0.25, 0.3) is 17.3 Å². The Kier molecular flexibility index (Phi) is 5.86. The number of carbonyl (C=O) groups excluding carboxylic acids is 1. The second-order valence-electron chi connectivity index (χ2n) is 6.45. The van der Waals surface area contributed by atoms with Crippen molar-refractivity contribution < 1.29 is 14.6 Å². The van der Waals surface area contributed by atoms with Crippen LogP contribution in [0.5, 0.6) is 0 Å². The van der Waals surface area contributed by atoms with Crippen LogP contribution in [0.15, 0.2) is 42.5 Å². The van der Waals surface area contributed by atoms with E-state index in [1.54, 1.807) is 11.0 Å². The molecule has 1 amide bonds. The molecule has 0 aliphatic carbocycles. The number of piperazine rings is 1. The predicted octanol–water partition coefficient (Wildman–Crippen LogP) is 3.11. The highest BCUT2D eigenvalue weighted by atomic mass is 35.5. The third-order valence-electron chi connectivity index (χ3n) is 4.53. The molecule has 0 unspecified atom stereocenters. The van der Waals surface area contributed by atoms with Gasteiger partial charge in [0, 0.05) is 49.9 Å². The van der Waals surface area contributed by atoms with Gasteiger partial charge in [-0.25, -0.2) is 0 Å². The molecule has 2 aromatic carbocycles. The van der Waals surface area contributed by atoms with E-state index in [9.17, 15) is 25.0 Å². The molecule has 1 fully saturated rings. The summed E-state index contributed by atoms with van der Waals surface area (Å²) >= 11 is 6.00. The van der Waals surface area contributed by atoms with Crippen LogP contribution in [0, 0.1) is 20.2 Å². The smallest absolute Gasteiger partial charge is 0.277 e. The van der Waals surface area contributed by atoms with E-state index < -0.39 is 27.1 Å². The molecule has 9 nitrogen and oxygen atoms in total. The van der Waals surface area contributed by atoms with Crippen LogP contribution in [0.2, 0.25) is 5.02 Å². The van der Waals surface area contributed by atoms with Crippen LogP contribution in [-0.2, 0) is 6.54 Å². The van der Waals surface area contributed by atoms with Crippen LogP contribution in [0.25, 0.3) is 0 Å². The van der Waals surface area contributed by atoms with E-state index >= 15 is 0 Å². The topological polar surface area (TPSA) is 110 Å². The Morgan fingerprint density at radius 3 is 2.11 bits per heavy atom. The van der Waals surface area contributed by atoms with Gasteiger partial charge in [0.2, 0.25) is 0 Å². The third-order valence-corrected chi connectivity index (χ3v) is 4.76. The standard InChI is InChI=1S/C18H17ClN4O5/c19-15-3-1-2-13(8-15)12-20-4-6-21(7-5-20)18(24)14-9-16(22(25)26)11-17(10-14)23(27)28/h1-3,8-11H,4-7,12H2. The lowest BCUT2D eigenvalue weighted by Gasteiger charge is -2.34. The Labute approximate surface area is 165 Å². The highest BCUT2D eigenvalue weighted by Crippen LogP contribution is 2.24. The van der Waals surface area contributed by atoms with Gasteiger partial charge in [-0.05, 0) is 17.7 Å². The number of benzene rings is 2. The number of hydrogen-bond acceptors (Lipinski definition) is 6. The molecule has 0 radical (unpaired) electrons. The molecule has 146 valence electrons. The van der Waals surface area contributed by atoms with Gasteiger partial charge < -0.3 is 4.90 Å². The number of rotatable bonds is 5. The van der Waals surface area contributed by atoms with Crippen molar-refractivity contribution >= 4 is 28.9 Å². The third kappa shape index (κ3) is 4.62. The number of nitrogens with zero attached hydrogens (tertiary/aromatic N) is 4. The zero-order valence-corrected chi connectivity index (χ0v) is 15.5. The summed E-state index contributed by atoms with van der Waals surface area (Å²) in [6.07, 6.45) is 0. The Bertz CT molecular complexity index is 896. The number of hydrogen-bond donors (Lipinski definition) is 0. The Balaban J connectivity index is 1.68. The van der Waals surface area contributed by atoms with E-state index in [0.29, 0.717) is 37.7 Å². The molecule has 10 heteroatoms. The fourth-order valence-corrected chi connectivity index (χ4v) is 3.33. The van der Waals surface area contributed by atoms with E-state index in [4.69, 9.17) is 11.6 Å². The molecule has 0 aromatic heterocycles. The minimum absolute atomic E-state index is 0.0517. The average Bonchev–Trinajstić information content (AvgIpc) is 2.67. The summed E-state index contributed by atoms with van der Waals surface area (Å²) in [6, 6.07) is 10.6. The second-order valence-corrected chi connectivity index (χ2v) is 6.89. The zero-order chi connectivity index (χ0) is 20.3. The second kappa shape index (κ2) is 8.32. The van der Waals surface area contributed by atoms with Crippen molar-refractivity contribution in [2.75, 3.05) is 26.2 Å². The van der Waals surface area contributed by atoms with E-state index in [1.807, 2.05) is 18.2 Å². The molecule has 0 spiro atoms. The van der Waals surface area contributed by atoms with Gasteiger partial charge >= 0.3 is 0 Å². The summed E-state index contributed by atoms with van der Waals surface area (Å²) in [5, 5.41) is 22.7. The molecular weight excluding hydrogens is 388 g/mol. The van der Waals surface area contributed by atoms with Crippen LogP contribution >= 0.6 is 11.6 Å². The zero-order valence-electron chi connectivity index (χ0n) is 14.8. The first-order chi connectivity index (χ1) is 13.3. The first-order valence-electron chi connectivity index (χ1n) is 8.53. The number of halogens is 1. The molecular formula is C18H17ClN4O5. The van der Waals surface area contributed by atoms with Crippen molar-refractivity contribution in [3.8, 4) is 0 Å². The van der Waals surface area contributed by atoms with E-state index in [2.05, 4.69) is 4.90 Å². The van der Waals surface area contributed by atoms with E-state index in [0.717, 1.165) is 23.8 Å². The minimum atomic E-state index is -0.743. The normalized spacial score (nSPS) is 14.7. The summed E-state index contributed by atoms with van der Waals surface area (Å²) in [6.45, 7) is 2.79. The lowest BCUT2D eigenvalue weighted by atomic mass is 10.1. The number of amides is 1. The summed E-state index contributed by atoms with van der Waals surface area (Å²) in [5.74, 6) is -0.450. The average molecular weight is 405 g/mol. The van der Waals surface area contributed by atoms with Crippen LogP contribution in [-0.4, -0.2) is 51.7 Å². The van der Waals surface area contributed by atoms with Crippen molar-refractivity contribution in [1.29, 1.82) is 0 Å². The Morgan fingerprint density at radius 2 is 1.57 bits per heavy atom. The number of non-ortho nitro benzene ring substituents is 2. The Morgan fingerprint density at radius 1 is 0.964 bits per heavy atom. The van der Waals surface area contributed by atoms with Gasteiger partial charge in [0.05, 0.1) is 21.5 Å². The largest absolute Gasteiger partial charge is 0.336 e. The lowest BCUT2D eigenvalue weighted by molar-refractivity contribution is -0.394. The first-order valence-corrected chi connectivity index (χ1v) is 8.91. The molecule has 1 saturated heterocycles. The summed E-state index contributed by atoms with van der Waals surface area (Å²) in [5.41, 5.74) is 0.0695. The van der Waals surface area contributed by atoms with Gasteiger partial charge in [-0.15, -0.1) is 0 Å². The van der Waals surface area contributed by atoms with Crippen LogP contribution in [0.3, 0.4) is 0 Å². The molecule has 0 saturated carbocycles. The quantitative estimate of drug-likeness (QED) is 0.559. The van der Waals surface area contributed by atoms with Gasteiger partial charge in [-0.2, -0.15) is 0 Å². The van der Waals surface area contributed by atoms with Gasteiger partial charge in [-0.1, -0.05) is 23.7 Å². The lowest BCUT2D eigenvalue weighted by Crippen LogP contribution is -2.48. The number of carbonyl (C=O) groups is 1. The molecule has 3 rings (SSSR count). The minimum Gasteiger partial charge on any atom is -0.336 e. The van der Waals surface area contributed by atoms with Gasteiger partial charge in [0.1, 0.15) is 0 Å². The highest BCUT2D eigenvalue weighted by Gasteiger charge is 2.26. The predicted molar refractivity (Wildman–Crippen MR) is 102 cm³/mol. The highest BCUT2D eigenvalue weighted by molar-refractivity contribution is 6.30. The maximum atomic E-state index is 12.7. The number of nitro groups is 2. The first kappa shape index (κ1) is 19.7. The van der Waals surface area contributed by atoms with E-state index in [1.165, 1.54) is 0 Å². The molecule has 0 N–H and O–H groups in total. The van der Waals surface area contributed by atoms with Crippen molar-refractivity contribution in [3.63, 3.8) is 0 Å². The molecule has 0 atom stereocenters. The van der Waals surface area contributed by atoms with E-state index in [-0.39, 0.29) is 5.56 Å². The molecule has 1 aliphatic rings. The molecule has 1 aliphatic heterocycles. The summed E-state index contributed by atoms with van der Waals surface area (Å²) < 4.78 is 0. The maximum Gasteiger partial charge on any atom is 0.277 e. The summed E-state index contributed by atoms with van der Waals surface area (Å²) in [7, 11) is 0. The van der Waals surface area contributed by atoms with Crippen molar-refractivity contribution in [3.05, 3.63) is 78.8 Å². The maximum absolute atomic E-state index is 12.7. The van der Waals surface area contributed by atoms with Gasteiger partial charge in [-0.3, -0.25) is 29.9 Å². The van der Waals surface area contributed by atoms with Crippen LogP contribution < -0.4 is 0 Å². The van der Waals surface area contributed by atoms with Crippen LogP contribution in [0.1, 0.15) is 15.9 Å².